The van der Waals surface area contributed by atoms with Crippen LogP contribution in [-0.2, 0) is 33.2 Å². The third-order valence-electron chi connectivity index (χ3n) is 20.2. The average molecular weight is 1520 g/mol. The van der Waals surface area contributed by atoms with Crippen LogP contribution >= 0.6 is 0 Å². The zero-order chi connectivity index (χ0) is 78.1. The Morgan fingerprint density at radius 2 is 0.639 bits per heavy atom. The van der Waals surface area contributed by atoms with E-state index in [-0.39, 0.29) is 18.9 Å². The molecular formula is C89H151NO18. The Hall–Kier alpha value is -4.07. The number of hydrogen-bond acceptors (Lipinski definition) is 18. The van der Waals surface area contributed by atoms with Gasteiger partial charge in [0.05, 0.1) is 38.6 Å². The highest BCUT2D eigenvalue weighted by Gasteiger charge is 2.54. The van der Waals surface area contributed by atoms with Crippen LogP contribution in [0.1, 0.15) is 290 Å². The van der Waals surface area contributed by atoms with Gasteiger partial charge >= 0.3 is 0 Å². The molecule has 3 heterocycles. The lowest BCUT2D eigenvalue weighted by atomic mass is 9.96. The number of hydrogen-bond donors (Lipinski definition) is 12. The zero-order valence-electron chi connectivity index (χ0n) is 66.5. The summed E-state index contributed by atoms with van der Waals surface area (Å²) in [6.07, 6.45) is 69.6. The molecule has 0 bridgehead atoms. The fraction of sp³-hybridized carbons (Fsp3) is 0.742. The minimum Gasteiger partial charge on any atom is -0.394 e. The summed E-state index contributed by atoms with van der Waals surface area (Å²) in [6, 6.07) is -0.904. The van der Waals surface area contributed by atoms with Gasteiger partial charge in [-0.1, -0.05) is 321 Å². The van der Waals surface area contributed by atoms with E-state index in [1.807, 2.05) is 0 Å². The van der Waals surface area contributed by atoms with Crippen molar-refractivity contribution in [2.24, 2.45) is 0 Å². The Labute approximate surface area is 651 Å². The van der Waals surface area contributed by atoms with E-state index in [9.17, 15) is 61.0 Å². The minimum absolute atomic E-state index is 0.246. The molecule has 3 fully saturated rings. The summed E-state index contributed by atoms with van der Waals surface area (Å²) < 4.78 is 34.5. The lowest BCUT2D eigenvalue weighted by molar-refractivity contribution is -0.379. The fourth-order valence-electron chi connectivity index (χ4n) is 13.5. The molecule has 3 saturated heterocycles. The molecule has 17 unspecified atom stereocenters. The van der Waals surface area contributed by atoms with Crippen molar-refractivity contribution in [2.75, 3.05) is 26.4 Å². The Balaban J connectivity index is 1.34. The Bertz CT molecular complexity index is 2470. The number of carbonyl (C=O) groups is 1. The lowest BCUT2D eigenvalue weighted by Crippen LogP contribution is -2.66. The van der Waals surface area contributed by atoms with Crippen molar-refractivity contribution in [3.63, 3.8) is 0 Å². The molecule has 108 heavy (non-hydrogen) atoms. The molecule has 19 nitrogen and oxygen atoms in total. The molecule has 3 aliphatic heterocycles. The van der Waals surface area contributed by atoms with E-state index in [1.165, 1.54) is 116 Å². The summed E-state index contributed by atoms with van der Waals surface area (Å²) in [5.74, 6) is -0.256. The maximum Gasteiger partial charge on any atom is 0.220 e. The van der Waals surface area contributed by atoms with Crippen molar-refractivity contribution in [2.45, 2.75) is 394 Å². The molecule has 1 amide bonds. The second-order valence-corrected chi connectivity index (χ2v) is 29.6. The molecule has 19 heteroatoms. The van der Waals surface area contributed by atoms with Crippen LogP contribution < -0.4 is 5.32 Å². The Kier molecular flexibility index (Phi) is 61.3. The molecule has 0 spiro atoms. The van der Waals surface area contributed by atoms with Crippen molar-refractivity contribution in [3.8, 4) is 0 Å². The monoisotopic (exact) mass is 1520 g/mol. The number of unbranched alkanes of at least 4 members (excludes halogenated alkanes) is 28. The number of aliphatic hydroxyl groups is 11. The second-order valence-electron chi connectivity index (χ2n) is 29.6. The van der Waals surface area contributed by atoms with Gasteiger partial charge in [-0.2, -0.15) is 0 Å². The molecule has 0 aliphatic carbocycles. The van der Waals surface area contributed by atoms with Crippen LogP contribution in [0.5, 0.6) is 0 Å². The number of nitrogens with one attached hydrogen (secondary N) is 1. The van der Waals surface area contributed by atoms with Gasteiger partial charge in [0, 0.05) is 6.42 Å². The fourth-order valence-corrected chi connectivity index (χ4v) is 13.5. The topological polar surface area (TPSA) is 307 Å². The highest BCUT2D eigenvalue weighted by Crippen LogP contribution is 2.33. The minimum atomic E-state index is -1.98. The van der Waals surface area contributed by atoms with Crippen LogP contribution in [0.15, 0.2) is 134 Å². The molecule has 3 rings (SSSR count). The summed E-state index contributed by atoms with van der Waals surface area (Å²) >= 11 is 0. The number of rotatable bonds is 66. The predicted molar refractivity (Wildman–Crippen MR) is 433 cm³/mol. The summed E-state index contributed by atoms with van der Waals surface area (Å²) in [4.78, 5) is 13.5. The van der Waals surface area contributed by atoms with Crippen LogP contribution in [0.4, 0.5) is 0 Å². The van der Waals surface area contributed by atoms with Crippen LogP contribution in [0, 0.1) is 0 Å². The van der Waals surface area contributed by atoms with Gasteiger partial charge in [-0.05, 0) is 96.3 Å². The zero-order valence-corrected chi connectivity index (χ0v) is 66.5. The summed E-state index contributed by atoms with van der Waals surface area (Å²) in [5.41, 5.74) is 0. The smallest absolute Gasteiger partial charge is 0.220 e. The molecule has 0 aromatic rings. The first kappa shape index (κ1) is 98.1. The van der Waals surface area contributed by atoms with Gasteiger partial charge in [0.15, 0.2) is 18.9 Å². The van der Waals surface area contributed by atoms with E-state index in [0.717, 1.165) is 141 Å². The highest BCUT2D eigenvalue weighted by atomic mass is 16.8. The largest absolute Gasteiger partial charge is 0.394 e. The van der Waals surface area contributed by atoms with Gasteiger partial charge in [0.2, 0.25) is 5.91 Å². The first-order valence-corrected chi connectivity index (χ1v) is 42.4. The third kappa shape index (κ3) is 46.2. The molecule has 620 valence electrons. The standard InChI is InChI=1S/C89H151NO18/c1-3-5-7-9-11-13-15-17-19-21-23-25-27-28-29-30-31-32-33-34-35-36-37-38-39-40-41-42-43-44-45-47-49-51-53-55-57-59-61-63-65-67-77(95)90-72(73(94)66-64-62-60-58-56-54-52-50-48-46-26-24-22-20-18-16-14-12-10-8-6-4-2)71-103-87-83(101)80(98)85(75(69-92)105-87)108-89-84(102)81(99)86(76(70-93)106-89)107-88-82(100)79(97)78(96)74(68-91)104-88/h5,7,11,13,17,19,23,25,28-29,31-32,34-35,37-38,40-41,43-44,47,49,72-76,78-89,91-94,96-102H,3-4,6,8-10,12,14-16,18,20-22,24,26-27,30,33,36,39,42,45-46,48,50-71H2,1-2H3,(H,90,95)/b7-5-,13-11-,19-17-,25-23-,29-28-,32-31-,35-34-,38-37-,41-40-,44-43-,49-47-. The van der Waals surface area contributed by atoms with Crippen molar-refractivity contribution in [3.05, 3.63) is 134 Å². The quantitative estimate of drug-likeness (QED) is 0.0199. The maximum atomic E-state index is 13.5. The van der Waals surface area contributed by atoms with E-state index < -0.39 is 124 Å². The van der Waals surface area contributed by atoms with E-state index >= 15 is 0 Å². The number of ether oxygens (including phenoxy) is 6. The van der Waals surface area contributed by atoms with Crippen LogP contribution in [0.2, 0.25) is 0 Å². The van der Waals surface area contributed by atoms with E-state index in [2.05, 4.69) is 153 Å². The summed E-state index contributed by atoms with van der Waals surface area (Å²) in [5, 5.41) is 121. The Morgan fingerprint density at radius 3 is 1.00 bits per heavy atom. The first-order valence-electron chi connectivity index (χ1n) is 42.4. The van der Waals surface area contributed by atoms with Crippen molar-refractivity contribution >= 4 is 5.91 Å². The molecule has 17 atom stereocenters. The lowest BCUT2D eigenvalue weighted by Gasteiger charge is -2.48. The van der Waals surface area contributed by atoms with Gasteiger partial charge in [-0.3, -0.25) is 4.79 Å². The van der Waals surface area contributed by atoms with Gasteiger partial charge in [-0.25, -0.2) is 0 Å². The molecule has 3 aliphatic rings. The third-order valence-corrected chi connectivity index (χ3v) is 20.2. The van der Waals surface area contributed by atoms with Crippen LogP contribution in [0.3, 0.4) is 0 Å². The van der Waals surface area contributed by atoms with Crippen molar-refractivity contribution < 1.29 is 89.4 Å². The highest BCUT2D eigenvalue weighted by molar-refractivity contribution is 5.76. The molecular weight excluding hydrogens is 1370 g/mol. The van der Waals surface area contributed by atoms with Crippen molar-refractivity contribution in [1.29, 1.82) is 0 Å². The second kappa shape index (κ2) is 67.4. The molecule has 0 saturated carbocycles. The average Bonchev–Trinajstić information content (AvgIpc) is 0.787. The molecule has 0 radical (unpaired) electrons. The normalized spacial score (nSPS) is 26.1. The molecule has 0 aromatic heterocycles. The van der Waals surface area contributed by atoms with Crippen molar-refractivity contribution in [1.82, 2.24) is 5.32 Å². The van der Waals surface area contributed by atoms with Gasteiger partial charge in [0.25, 0.3) is 0 Å². The van der Waals surface area contributed by atoms with Crippen LogP contribution in [0.25, 0.3) is 0 Å². The van der Waals surface area contributed by atoms with Gasteiger partial charge in [-0.15, -0.1) is 0 Å². The Morgan fingerprint density at radius 1 is 0.343 bits per heavy atom. The summed E-state index contributed by atoms with van der Waals surface area (Å²) in [7, 11) is 0. The summed E-state index contributed by atoms with van der Waals surface area (Å²) in [6.45, 7) is 1.70. The predicted octanol–water partition coefficient (Wildman–Crippen LogP) is 15.2. The number of carbonyl (C=O) groups excluding carboxylic acids is 1. The van der Waals surface area contributed by atoms with Gasteiger partial charge < -0.3 is 89.9 Å². The van der Waals surface area contributed by atoms with Crippen LogP contribution in [-0.4, -0.2) is 193 Å². The molecule has 12 N–H and O–H groups in total. The maximum absolute atomic E-state index is 13.5. The number of aliphatic hydroxyl groups excluding tert-OH is 11. The SMILES string of the molecule is CC/C=C\C/C=C\C/C=C\C/C=C\C/C=C\C/C=C\C/C=C\C/C=C\C/C=C\C/C=C\C/C=C\CCCCCCCCCC(=O)NC(COC1OC(CO)C(OC2OC(CO)C(OC3OC(CO)C(O)C(O)C3O)C(O)C2O)C(O)C1O)C(O)CCCCCCCCCCCCCCCCCCCCCCCC. The van der Waals surface area contributed by atoms with Gasteiger partial charge in [0.1, 0.15) is 73.2 Å². The van der Waals surface area contributed by atoms with E-state index in [0.29, 0.717) is 12.8 Å². The molecule has 0 aromatic carbocycles. The number of amides is 1. The van der Waals surface area contributed by atoms with E-state index in [4.69, 9.17) is 28.4 Å². The number of allylic oxidation sites excluding steroid dienone is 22. The van der Waals surface area contributed by atoms with E-state index in [1.54, 1.807) is 0 Å². The first-order chi connectivity index (χ1) is 52.8.